The van der Waals surface area contributed by atoms with E-state index in [9.17, 15) is 0 Å². The van der Waals surface area contributed by atoms with Gasteiger partial charge in [-0.2, -0.15) is 0 Å². The van der Waals surface area contributed by atoms with Crippen LogP contribution in [0, 0.1) is 6.92 Å². The van der Waals surface area contributed by atoms with Crippen molar-refractivity contribution in [3.05, 3.63) is 23.2 Å². The van der Waals surface area contributed by atoms with Gasteiger partial charge in [-0.05, 0) is 39.8 Å². The molecule has 20 heavy (non-hydrogen) atoms. The van der Waals surface area contributed by atoms with Crippen LogP contribution in [-0.4, -0.2) is 37.7 Å². The van der Waals surface area contributed by atoms with Crippen molar-refractivity contribution in [3.63, 3.8) is 0 Å². The van der Waals surface area contributed by atoms with Crippen LogP contribution >= 0.6 is 0 Å². The predicted octanol–water partition coefficient (Wildman–Crippen LogP) is 2.94. The van der Waals surface area contributed by atoms with Gasteiger partial charge < -0.3 is 14.5 Å². The van der Waals surface area contributed by atoms with Gasteiger partial charge in [0.2, 0.25) is 0 Å². The summed E-state index contributed by atoms with van der Waals surface area (Å²) >= 11 is 0. The lowest BCUT2D eigenvalue weighted by Crippen LogP contribution is -2.33. The molecule has 0 fully saturated rings. The summed E-state index contributed by atoms with van der Waals surface area (Å²) in [5.41, 5.74) is 1.28. The molecule has 1 aromatic rings. The fourth-order valence-corrected chi connectivity index (χ4v) is 2.17. The van der Waals surface area contributed by atoms with Crippen LogP contribution < -0.4 is 5.32 Å². The van der Waals surface area contributed by atoms with E-state index < -0.39 is 0 Å². The molecule has 4 heteroatoms. The van der Waals surface area contributed by atoms with Crippen molar-refractivity contribution < 1.29 is 9.15 Å². The average Bonchev–Trinajstić information content (AvgIpc) is 2.75. The minimum atomic E-state index is 0.501. The molecule has 0 aliphatic heterocycles. The molecule has 0 aliphatic carbocycles. The Morgan fingerprint density at radius 1 is 1.40 bits per heavy atom. The molecule has 0 unspecified atom stereocenters. The van der Waals surface area contributed by atoms with Crippen LogP contribution in [0.2, 0.25) is 0 Å². The third kappa shape index (κ3) is 5.65. The summed E-state index contributed by atoms with van der Waals surface area (Å²) in [7, 11) is 1.75. The first-order valence-electron chi connectivity index (χ1n) is 7.60. The monoisotopic (exact) mass is 282 g/mol. The van der Waals surface area contributed by atoms with Gasteiger partial charge in [0.05, 0.1) is 13.2 Å². The molecule has 0 radical (unpaired) electrons. The number of ether oxygens (including phenoxy) is 1. The van der Waals surface area contributed by atoms with Gasteiger partial charge in [-0.15, -0.1) is 0 Å². The van der Waals surface area contributed by atoms with E-state index in [1.54, 1.807) is 7.11 Å². The second kappa shape index (κ2) is 9.16. The maximum atomic E-state index is 5.83. The first-order chi connectivity index (χ1) is 9.58. The maximum Gasteiger partial charge on any atom is 0.118 e. The molecule has 1 N–H and O–H groups in total. The van der Waals surface area contributed by atoms with Crippen molar-refractivity contribution in [2.75, 3.05) is 26.8 Å². The molecule has 0 saturated heterocycles. The lowest BCUT2D eigenvalue weighted by atomic mass is 10.2. The second-order valence-corrected chi connectivity index (χ2v) is 5.53. The molecule has 0 amide bonds. The number of hydrogen-bond donors (Lipinski definition) is 1. The standard InChI is InChI=1S/C16H30N2O2/c1-6-7-17-11-16-10-15(14(4)20-16)12-18(13(2)3)8-9-19-5/h10,13,17H,6-9,11-12H2,1-5H3. The lowest BCUT2D eigenvalue weighted by molar-refractivity contribution is 0.124. The number of hydrogen-bond acceptors (Lipinski definition) is 4. The Kier molecular flexibility index (Phi) is 7.88. The molecule has 1 heterocycles. The molecule has 0 aliphatic rings. The topological polar surface area (TPSA) is 37.6 Å². The third-order valence-electron chi connectivity index (χ3n) is 3.48. The zero-order chi connectivity index (χ0) is 15.0. The summed E-state index contributed by atoms with van der Waals surface area (Å²) in [6.07, 6.45) is 1.14. The van der Waals surface area contributed by atoms with Crippen molar-refractivity contribution in [3.8, 4) is 0 Å². The Morgan fingerprint density at radius 2 is 2.15 bits per heavy atom. The van der Waals surface area contributed by atoms with Crippen molar-refractivity contribution in [2.45, 2.75) is 53.2 Å². The van der Waals surface area contributed by atoms with Crippen molar-refractivity contribution in [2.24, 2.45) is 0 Å². The Labute approximate surface area is 123 Å². The van der Waals surface area contributed by atoms with Gasteiger partial charge in [0.1, 0.15) is 11.5 Å². The highest BCUT2D eigenvalue weighted by molar-refractivity contribution is 5.20. The van der Waals surface area contributed by atoms with E-state index in [0.717, 1.165) is 50.7 Å². The molecule has 4 nitrogen and oxygen atoms in total. The summed E-state index contributed by atoms with van der Waals surface area (Å²) < 4.78 is 11.0. The highest BCUT2D eigenvalue weighted by atomic mass is 16.5. The first-order valence-corrected chi connectivity index (χ1v) is 7.60. The fraction of sp³-hybridized carbons (Fsp3) is 0.750. The van der Waals surface area contributed by atoms with E-state index in [4.69, 9.17) is 9.15 Å². The van der Waals surface area contributed by atoms with Gasteiger partial charge in [-0.1, -0.05) is 6.92 Å². The molecule has 0 aromatic carbocycles. The molecule has 0 bridgehead atoms. The van der Waals surface area contributed by atoms with E-state index in [-0.39, 0.29) is 0 Å². The van der Waals surface area contributed by atoms with Crippen LogP contribution in [0.5, 0.6) is 0 Å². The van der Waals surface area contributed by atoms with E-state index in [1.807, 2.05) is 6.92 Å². The second-order valence-electron chi connectivity index (χ2n) is 5.53. The molecular formula is C16H30N2O2. The zero-order valence-electron chi connectivity index (χ0n) is 13.7. The van der Waals surface area contributed by atoms with Crippen LogP contribution in [0.4, 0.5) is 0 Å². The van der Waals surface area contributed by atoms with E-state index in [0.29, 0.717) is 6.04 Å². The fourth-order valence-electron chi connectivity index (χ4n) is 2.17. The maximum absolute atomic E-state index is 5.83. The highest BCUT2D eigenvalue weighted by Crippen LogP contribution is 2.18. The molecule has 0 spiro atoms. The van der Waals surface area contributed by atoms with Crippen molar-refractivity contribution in [1.82, 2.24) is 10.2 Å². The number of methoxy groups -OCH3 is 1. The summed E-state index contributed by atoms with van der Waals surface area (Å²) in [4.78, 5) is 2.41. The minimum absolute atomic E-state index is 0.501. The summed E-state index contributed by atoms with van der Waals surface area (Å²) in [6.45, 7) is 13.1. The molecule has 116 valence electrons. The Hall–Kier alpha value is -0.840. The minimum Gasteiger partial charge on any atom is -0.465 e. The van der Waals surface area contributed by atoms with Gasteiger partial charge in [0, 0.05) is 31.8 Å². The Morgan fingerprint density at radius 3 is 2.75 bits per heavy atom. The first kappa shape index (κ1) is 17.2. The van der Waals surface area contributed by atoms with Crippen LogP contribution in [-0.2, 0) is 17.8 Å². The Balaban J connectivity index is 2.60. The van der Waals surface area contributed by atoms with Crippen LogP contribution in [0.15, 0.2) is 10.5 Å². The molecule has 1 aromatic heterocycles. The predicted molar refractivity (Wildman–Crippen MR) is 82.9 cm³/mol. The molecular weight excluding hydrogens is 252 g/mol. The number of nitrogens with zero attached hydrogens (tertiary/aromatic N) is 1. The van der Waals surface area contributed by atoms with Crippen molar-refractivity contribution >= 4 is 0 Å². The summed E-state index contributed by atoms with van der Waals surface area (Å²) in [6, 6.07) is 2.68. The average molecular weight is 282 g/mol. The van der Waals surface area contributed by atoms with Gasteiger partial charge in [0.25, 0.3) is 0 Å². The summed E-state index contributed by atoms with van der Waals surface area (Å²) in [5.74, 6) is 2.06. The van der Waals surface area contributed by atoms with E-state index in [2.05, 4.69) is 37.1 Å². The normalized spacial score (nSPS) is 11.8. The Bertz CT molecular complexity index is 375. The van der Waals surface area contributed by atoms with Crippen LogP contribution in [0.3, 0.4) is 0 Å². The lowest BCUT2D eigenvalue weighted by Gasteiger charge is -2.25. The number of rotatable bonds is 10. The van der Waals surface area contributed by atoms with Crippen LogP contribution in [0.1, 0.15) is 44.3 Å². The SMILES string of the molecule is CCCNCc1cc(CN(CCOC)C(C)C)c(C)o1. The van der Waals surface area contributed by atoms with Gasteiger partial charge in [0.15, 0.2) is 0 Å². The molecule has 0 atom stereocenters. The largest absolute Gasteiger partial charge is 0.465 e. The van der Waals surface area contributed by atoms with Gasteiger partial charge in [-0.25, -0.2) is 0 Å². The third-order valence-corrected chi connectivity index (χ3v) is 3.48. The van der Waals surface area contributed by atoms with Gasteiger partial charge in [-0.3, -0.25) is 4.90 Å². The van der Waals surface area contributed by atoms with E-state index >= 15 is 0 Å². The smallest absolute Gasteiger partial charge is 0.118 e. The van der Waals surface area contributed by atoms with E-state index in [1.165, 1.54) is 5.56 Å². The molecule has 0 saturated carbocycles. The summed E-state index contributed by atoms with van der Waals surface area (Å²) in [5, 5.41) is 3.37. The molecule has 1 rings (SSSR count). The highest BCUT2D eigenvalue weighted by Gasteiger charge is 2.14. The quantitative estimate of drug-likeness (QED) is 0.670. The number of furan rings is 1. The number of aryl methyl sites for hydroxylation is 1. The van der Waals surface area contributed by atoms with Crippen molar-refractivity contribution in [1.29, 1.82) is 0 Å². The number of nitrogens with one attached hydrogen (secondary N) is 1. The zero-order valence-corrected chi connectivity index (χ0v) is 13.7. The van der Waals surface area contributed by atoms with Gasteiger partial charge >= 0.3 is 0 Å². The van der Waals surface area contributed by atoms with Crippen LogP contribution in [0.25, 0.3) is 0 Å².